The lowest BCUT2D eigenvalue weighted by Crippen LogP contribution is -2.33. The summed E-state index contributed by atoms with van der Waals surface area (Å²) in [7, 11) is -3.90. The molecule has 0 saturated carbocycles. The van der Waals surface area contributed by atoms with Gasteiger partial charge in [-0.1, -0.05) is 60.2 Å². The molecule has 2 N–H and O–H groups in total. The summed E-state index contributed by atoms with van der Waals surface area (Å²) in [5, 5.41) is 2.80. The van der Waals surface area contributed by atoms with E-state index in [1.807, 2.05) is 39.0 Å². The van der Waals surface area contributed by atoms with E-state index in [1.165, 1.54) is 12.1 Å². The monoisotopic (exact) mass is 466 g/mol. The van der Waals surface area contributed by atoms with Gasteiger partial charge in [0, 0.05) is 11.3 Å². The Balaban J connectivity index is 1.73. The van der Waals surface area contributed by atoms with Crippen molar-refractivity contribution in [3.05, 3.63) is 95.1 Å². The Morgan fingerprint density at radius 1 is 0.879 bits per heavy atom. The van der Waals surface area contributed by atoms with Gasteiger partial charge >= 0.3 is 5.97 Å². The standard InChI is InChI=1S/C25H26N2O5S/c1-17-10-13-21(14-11-17)33(30,31)26-16-23(28)32-24(20-7-5-4-6-8-20)25(29)27-22-15-18(2)9-12-19(22)3/h4-15,24,26H,16H2,1-3H3,(H,27,29)/t24-/m1/s1. The van der Waals surface area contributed by atoms with Crippen LogP contribution in [0, 0.1) is 20.8 Å². The lowest BCUT2D eigenvalue weighted by Gasteiger charge is -2.19. The van der Waals surface area contributed by atoms with E-state index in [-0.39, 0.29) is 4.90 Å². The van der Waals surface area contributed by atoms with E-state index < -0.39 is 34.5 Å². The number of sulfonamides is 1. The summed E-state index contributed by atoms with van der Waals surface area (Å²) >= 11 is 0. The number of carbonyl (C=O) groups excluding carboxylic acids is 2. The van der Waals surface area contributed by atoms with Crippen molar-refractivity contribution < 1.29 is 22.7 Å². The predicted octanol–water partition coefficient (Wildman–Crippen LogP) is 3.81. The normalized spacial score (nSPS) is 12.1. The average molecular weight is 467 g/mol. The lowest BCUT2D eigenvalue weighted by molar-refractivity contribution is -0.153. The van der Waals surface area contributed by atoms with Crippen molar-refractivity contribution in [2.45, 2.75) is 31.8 Å². The number of anilines is 1. The maximum atomic E-state index is 13.0. The zero-order chi connectivity index (χ0) is 24.0. The van der Waals surface area contributed by atoms with Crippen LogP contribution in [0.15, 0.2) is 77.7 Å². The van der Waals surface area contributed by atoms with Crippen LogP contribution in [-0.4, -0.2) is 26.8 Å². The van der Waals surface area contributed by atoms with Gasteiger partial charge < -0.3 is 10.1 Å². The first-order valence-electron chi connectivity index (χ1n) is 10.3. The highest BCUT2D eigenvalue weighted by Gasteiger charge is 2.26. The van der Waals surface area contributed by atoms with Gasteiger partial charge in [0.1, 0.15) is 6.54 Å². The summed E-state index contributed by atoms with van der Waals surface area (Å²) < 4.78 is 32.5. The fourth-order valence-electron chi connectivity index (χ4n) is 3.10. The minimum atomic E-state index is -3.90. The van der Waals surface area contributed by atoms with E-state index in [0.717, 1.165) is 16.7 Å². The number of nitrogens with one attached hydrogen (secondary N) is 2. The van der Waals surface area contributed by atoms with E-state index in [4.69, 9.17) is 4.74 Å². The molecule has 3 aromatic carbocycles. The van der Waals surface area contributed by atoms with Crippen molar-refractivity contribution >= 4 is 27.6 Å². The first kappa shape index (κ1) is 24.2. The number of hydrogen-bond acceptors (Lipinski definition) is 5. The number of hydrogen-bond donors (Lipinski definition) is 2. The summed E-state index contributed by atoms with van der Waals surface area (Å²) in [5.74, 6) is -1.42. The molecular weight excluding hydrogens is 440 g/mol. The molecule has 0 aliphatic heterocycles. The van der Waals surface area contributed by atoms with Gasteiger partial charge in [-0.15, -0.1) is 0 Å². The topological polar surface area (TPSA) is 102 Å². The van der Waals surface area contributed by atoms with Crippen molar-refractivity contribution in [2.24, 2.45) is 0 Å². The zero-order valence-electron chi connectivity index (χ0n) is 18.7. The Kier molecular flexibility index (Phi) is 7.63. The maximum Gasteiger partial charge on any atom is 0.322 e. The quantitative estimate of drug-likeness (QED) is 0.492. The maximum absolute atomic E-state index is 13.0. The third kappa shape index (κ3) is 6.50. The van der Waals surface area contributed by atoms with E-state index in [0.29, 0.717) is 11.3 Å². The molecule has 0 radical (unpaired) electrons. The molecule has 3 aromatic rings. The summed E-state index contributed by atoms with van der Waals surface area (Å²) in [6.07, 6.45) is -1.25. The van der Waals surface area contributed by atoms with E-state index in [9.17, 15) is 18.0 Å². The first-order valence-corrected chi connectivity index (χ1v) is 11.8. The Morgan fingerprint density at radius 2 is 1.52 bits per heavy atom. The smallest absolute Gasteiger partial charge is 0.322 e. The third-order valence-corrected chi connectivity index (χ3v) is 6.40. The zero-order valence-corrected chi connectivity index (χ0v) is 19.5. The van der Waals surface area contributed by atoms with Crippen LogP contribution in [0.3, 0.4) is 0 Å². The number of aryl methyl sites for hydroxylation is 3. The molecule has 0 aromatic heterocycles. The fourth-order valence-corrected chi connectivity index (χ4v) is 4.07. The minimum Gasteiger partial charge on any atom is -0.446 e. The average Bonchev–Trinajstić information content (AvgIpc) is 2.79. The number of ether oxygens (including phenoxy) is 1. The Morgan fingerprint density at radius 3 is 2.18 bits per heavy atom. The molecule has 0 fully saturated rings. The molecule has 7 nitrogen and oxygen atoms in total. The van der Waals surface area contributed by atoms with Gasteiger partial charge in [-0.2, -0.15) is 4.72 Å². The van der Waals surface area contributed by atoms with Gasteiger partial charge in [-0.3, -0.25) is 9.59 Å². The molecule has 0 unspecified atom stereocenters. The van der Waals surface area contributed by atoms with E-state index in [2.05, 4.69) is 10.0 Å². The molecule has 33 heavy (non-hydrogen) atoms. The van der Waals surface area contributed by atoms with Gasteiger partial charge in [0.15, 0.2) is 0 Å². The van der Waals surface area contributed by atoms with Crippen LogP contribution in [0.4, 0.5) is 5.69 Å². The number of amides is 1. The molecule has 8 heteroatoms. The second-order valence-electron chi connectivity index (χ2n) is 7.73. The van der Waals surface area contributed by atoms with E-state index in [1.54, 1.807) is 42.5 Å². The Labute approximate surface area is 193 Å². The fraction of sp³-hybridized carbons (Fsp3) is 0.200. The summed E-state index contributed by atoms with van der Waals surface area (Å²) in [4.78, 5) is 25.6. The highest BCUT2D eigenvalue weighted by Crippen LogP contribution is 2.23. The van der Waals surface area contributed by atoms with Crippen molar-refractivity contribution in [1.82, 2.24) is 4.72 Å². The van der Waals surface area contributed by atoms with Crippen molar-refractivity contribution in [2.75, 3.05) is 11.9 Å². The van der Waals surface area contributed by atoms with Crippen LogP contribution in [-0.2, 0) is 24.3 Å². The van der Waals surface area contributed by atoms with Gasteiger partial charge in [0.05, 0.1) is 4.90 Å². The second-order valence-corrected chi connectivity index (χ2v) is 9.49. The van der Waals surface area contributed by atoms with Crippen LogP contribution in [0.1, 0.15) is 28.4 Å². The molecule has 3 rings (SSSR count). The molecule has 0 spiro atoms. The molecule has 0 bridgehead atoms. The Bertz CT molecular complexity index is 1240. The summed E-state index contributed by atoms with van der Waals surface area (Å²) in [6.45, 7) is 4.99. The number of rotatable bonds is 8. The second kappa shape index (κ2) is 10.4. The minimum absolute atomic E-state index is 0.0353. The van der Waals surface area contributed by atoms with Crippen LogP contribution in [0.25, 0.3) is 0 Å². The van der Waals surface area contributed by atoms with Gasteiger partial charge in [0.25, 0.3) is 5.91 Å². The molecule has 1 atom stereocenters. The summed E-state index contributed by atoms with van der Waals surface area (Å²) in [6, 6.07) is 20.4. The highest BCUT2D eigenvalue weighted by atomic mass is 32.2. The number of carbonyl (C=O) groups is 2. The van der Waals surface area contributed by atoms with Gasteiger partial charge in [-0.25, -0.2) is 8.42 Å². The SMILES string of the molecule is Cc1ccc(S(=O)(=O)NCC(=O)O[C@@H](C(=O)Nc2cc(C)ccc2C)c2ccccc2)cc1. The van der Waals surface area contributed by atoms with Crippen molar-refractivity contribution in [3.8, 4) is 0 Å². The lowest BCUT2D eigenvalue weighted by atomic mass is 10.1. The van der Waals surface area contributed by atoms with Crippen LogP contribution < -0.4 is 10.0 Å². The van der Waals surface area contributed by atoms with Crippen LogP contribution in [0.2, 0.25) is 0 Å². The third-order valence-electron chi connectivity index (χ3n) is 4.98. The predicted molar refractivity (Wildman–Crippen MR) is 126 cm³/mol. The van der Waals surface area contributed by atoms with Crippen LogP contribution >= 0.6 is 0 Å². The molecule has 172 valence electrons. The molecular formula is C25H26N2O5S. The molecule has 1 amide bonds. The summed E-state index contributed by atoms with van der Waals surface area (Å²) in [5.41, 5.74) is 3.81. The first-order chi connectivity index (χ1) is 15.7. The van der Waals surface area contributed by atoms with Gasteiger partial charge in [-0.05, 0) is 50.1 Å². The molecule has 0 heterocycles. The molecule has 0 aliphatic rings. The van der Waals surface area contributed by atoms with Crippen molar-refractivity contribution in [3.63, 3.8) is 0 Å². The molecule has 0 saturated heterocycles. The highest BCUT2D eigenvalue weighted by molar-refractivity contribution is 7.89. The van der Waals surface area contributed by atoms with Gasteiger partial charge in [0.2, 0.25) is 16.1 Å². The molecule has 0 aliphatic carbocycles. The van der Waals surface area contributed by atoms with Crippen LogP contribution in [0.5, 0.6) is 0 Å². The van der Waals surface area contributed by atoms with Crippen molar-refractivity contribution in [1.29, 1.82) is 0 Å². The largest absolute Gasteiger partial charge is 0.446 e. The Hall–Kier alpha value is -3.49. The number of benzene rings is 3. The van der Waals surface area contributed by atoms with E-state index >= 15 is 0 Å². The number of esters is 1.